The second-order valence-electron chi connectivity index (χ2n) is 9.70. The van der Waals surface area contributed by atoms with Crippen molar-refractivity contribution >= 4 is 23.4 Å². The van der Waals surface area contributed by atoms with Crippen LogP contribution in [0.5, 0.6) is 0 Å². The topological polar surface area (TPSA) is 78.5 Å². The number of halogens is 2. The van der Waals surface area contributed by atoms with Gasteiger partial charge in [0.05, 0.1) is 5.56 Å². The predicted octanol–water partition coefficient (Wildman–Crippen LogP) is 4.98. The van der Waals surface area contributed by atoms with Gasteiger partial charge in [0.1, 0.15) is 17.7 Å². The van der Waals surface area contributed by atoms with Crippen LogP contribution in [-0.4, -0.2) is 41.8 Å². The number of carbonyl (C=O) groups excluding carboxylic acids is 3. The van der Waals surface area contributed by atoms with Crippen LogP contribution in [0.4, 0.5) is 14.5 Å². The van der Waals surface area contributed by atoms with Gasteiger partial charge in [0.15, 0.2) is 0 Å². The van der Waals surface area contributed by atoms with Gasteiger partial charge in [-0.25, -0.2) is 8.78 Å². The number of anilines is 1. The van der Waals surface area contributed by atoms with Gasteiger partial charge in [-0.2, -0.15) is 0 Å². The van der Waals surface area contributed by atoms with Crippen molar-refractivity contribution in [3.05, 3.63) is 101 Å². The molecule has 38 heavy (non-hydrogen) atoms. The molecule has 1 atom stereocenters. The van der Waals surface area contributed by atoms with Gasteiger partial charge in [0, 0.05) is 32.1 Å². The van der Waals surface area contributed by atoms with Crippen molar-refractivity contribution in [2.24, 2.45) is 0 Å². The van der Waals surface area contributed by atoms with Gasteiger partial charge in [-0.15, -0.1) is 0 Å². The van der Waals surface area contributed by atoms with Gasteiger partial charge in [-0.1, -0.05) is 36.4 Å². The molecule has 1 heterocycles. The summed E-state index contributed by atoms with van der Waals surface area (Å²) in [5.41, 5.74) is 3.04. The fourth-order valence-corrected chi connectivity index (χ4v) is 4.90. The molecule has 1 saturated heterocycles. The predicted molar refractivity (Wildman–Crippen MR) is 142 cm³/mol. The number of hydrogen-bond donors (Lipinski definition) is 2. The minimum atomic E-state index is -0.853. The Balaban J connectivity index is 1.35. The third kappa shape index (κ3) is 6.62. The first-order valence-electron chi connectivity index (χ1n) is 12.7. The van der Waals surface area contributed by atoms with Gasteiger partial charge in [-0.3, -0.25) is 14.4 Å². The van der Waals surface area contributed by atoms with E-state index < -0.39 is 23.6 Å². The Bertz CT molecular complexity index is 1300. The summed E-state index contributed by atoms with van der Waals surface area (Å²) in [6, 6.07) is 17.2. The molecule has 0 aromatic heterocycles. The normalized spacial score (nSPS) is 14.6. The van der Waals surface area contributed by atoms with E-state index in [9.17, 15) is 23.2 Å². The van der Waals surface area contributed by atoms with E-state index in [0.717, 1.165) is 18.4 Å². The monoisotopic (exact) mass is 519 g/mol. The summed E-state index contributed by atoms with van der Waals surface area (Å²) in [4.78, 5) is 39.2. The van der Waals surface area contributed by atoms with Crippen molar-refractivity contribution < 1.29 is 23.2 Å². The summed E-state index contributed by atoms with van der Waals surface area (Å²) >= 11 is 0. The second kappa shape index (κ2) is 12.0. The summed E-state index contributed by atoms with van der Waals surface area (Å²) < 4.78 is 27.8. The molecule has 0 aliphatic carbocycles. The molecule has 1 fully saturated rings. The molecule has 198 valence electrons. The van der Waals surface area contributed by atoms with Crippen molar-refractivity contribution in [1.29, 1.82) is 0 Å². The molecular weight excluding hydrogens is 488 g/mol. The lowest BCUT2D eigenvalue weighted by Crippen LogP contribution is -2.44. The highest BCUT2D eigenvalue weighted by Crippen LogP contribution is 2.30. The van der Waals surface area contributed by atoms with Crippen LogP contribution in [0.3, 0.4) is 0 Å². The zero-order chi connectivity index (χ0) is 27.2. The van der Waals surface area contributed by atoms with Crippen LogP contribution in [0.1, 0.15) is 52.7 Å². The summed E-state index contributed by atoms with van der Waals surface area (Å²) in [5, 5.41) is 5.46. The van der Waals surface area contributed by atoms with Crippen molar-refractivity contribution in [2.75, 3.05) is 18.4 Å². The first-order chi connectivity index (χ1) is 18.2. The van der Waals surface area contributed by atoms with E-state index in [1.165, 1.54) is 25.1 Å². The standard InChI is InChI=1S/C30H31F2N3O3/c1-19-5-3-8-26(32)28(19)30(38)35-15-13-23(14-16-35)22-9-11-25(12-10-22)34-29(37)27(33-20(2)36)18-21-6-4-7-24(31)17-21/h3-12,17,23,27H,13-16,18H2,1-2H3,(H,33,36)(H,34,37). The average Bonchev–Trinajstić information content (AvgIpc) is 2.88. The zero-order valence-corrected chi connectivity index (χ0v) is 21.5. The second-order valence-corrected chi connectivity index (χ2v) is 9.70. The maximum atomic E-state index is 14.2. The van der Waals surface area contributed by atoms with Crippen LogP contribution in [-0.2, 0) is 16.0 Å². The van der Waals surface area contributed by atoms with Crippen molar-refractivity contribution in [2.45, 2.75) is 45.1 Å². The van der Waals surface area contributed by atoms with Gasteiger partial charge >= 0.3 is 0 Å². The molecule has 3 amide bonds. The highest BCUT2D eigenvalue weighted by atomic mass is 19.1. The van der Waals surface area contributed by atoms with Crippen LogP contribution in [0.2, 0.25) is 0 Å². The molecule has 0 spiro atoms. The third-order valence-electron chi connectivity index (χ3n) is 6.89. The number of nitrogens with one attached hydrogen (secondary N) is 2. The molecule has 6 nitrogen and oxygen atoms in total. The molecule has 4 rings (SSSR count). The third-order valence-corrected chi connectivity index (χ3v) is 6.89. The number of piperidine rings is 1. The SMILES string of the molecule is CC(=O)NC(Cc1cccc(F)c1)C(=O)Nc1ccc(C2CCN(C(=O)c3c(C)cccc3F)CC2)cc1. The first-order valence-corrected chi connectivity index (χ1v) is 12.7. The molecule has 1 aliphatic rings. The molecule has 0 radical (unpaired) electrons. The number of rotatable bonds is 7. The van der Waals surface area contributed by atoms with Crippen LogP contribution < -0.4 is 10.6 Å². The Morgan fingerprint density at radius 2 is 1.66 bits per heavy atom. The molecular formula is C30H31F2N3O3. The molecule has 3 aromatic rings. The van der Waals surface area contributed by atoms with Crippen molar-refractivity contribution in [3.63, 3.8) is 0 Å². The van der Waals surface area contributed by atoms with Crippen LogP contribution >= 0.6 is 0 Å². The lowest BCUT2D eigenvalue weighted by Gasteiger charge is -2.32. The first kappa shape index (κ1) is 27.0. The van der Waals surface area contributed by atoms with Gasteiger partial charge < -0.3 is 15.5 Å². The Labute approximate surface area is 221 Å². The molecule has 0 bridgehead atoms. The Hall–Kier alpha value is -4.07. The van der Waals surface area contributed by atoms with E-state index in [1.54, 1.807) is 48.2 Å². The number of benzene rings is 3. The number of nitrogens with zero attached hydrogens (tertiary/aromatic N) is 1. The molecule has 8 heteroatoms. The number of hydrogen-bond acceptors (Lipinski definition) is 3. The van der Waals surface area contributed by atoms with E-state index in [1.807, 2.05) is 12.1 Å². The smallest absolute Gasteiger partial charge is 0.257 e. The van der Waals surface area contributed by atoms with Crippen LogP contribution in [0, 0.1) is 18.6 Å². The highest BCUT2D eigenvalue weighted by Gasteiger charge is 2.27. The van der Waals surface area contributed by atoms with Crippen molar-refractivity contribution in [1.82, 2.24) is 10.2 Å². The molecule has 2 N–H and O–H groups in total. The quantitative estimate of drug-likeness (QED) is 0.462. The number of likely N-dealkylation sites (tertiary alicyclic amines) is 1. The highest BCUT2D eigenvalue weighted by molar-refractivity contribution is 5.97. The fraction of sp³-hybridized carbons (Fsp3) is 0.300. The van der Waals surface area contributed by atoms with Crippen LogP contribution in [0.15, 0.2) is 66.7 Å². The largest absolute Gasteiger partial charge is 0.344 e. The molecule has 3 aromatic carbocycles. The van der Waals surface area contributed by atoms with Crippen molar-refractivity contribution in [3.8, 4) is 0 Å². The minimum absolute atomic E-state index is 0.140. The Kier molecular flexibility index (Phi) is 8.51. The number of carbonyl (C=O) groups is 3. The van der Waals surface area contributed by atoms with E-state index in [0.29, 0.717) is 29.9 Å². The minimum Gasteiger partial charge on any atom is -0.344 e. The molecule has 0 saturated carbocycles. The van der Waals surface area contributed by atoms with E-state index in [-0.39, 0.29) is 29.7 Å². The zero-order valence-electron chi connectivity index (χ0n) is 21.5. The summed E-state index contributed by atoms with van der Waals surface area (Å²) in [7, 11) is 0. The summed E-state index contributed by atoms with van der Waals surface area (Å²) in [6.07, 6.45) is 1.66. The maximum absolute atomic E-state index is 14.2. The number of amides is 3. The van der Waals surface area contributed by atoms with Gasteiger partial charge in [-0.05, 0) is 72.7 Å². The van der Waals surface area contributed by atoms with E-state index >= 15 is 0 Å². The lowest BCUT2D eigenvalue weighted by molar-refractivity contribution is -0.125. The summed E-state index contributed by atoms with van der Waals surface area (Å²) in [6.45, 7) is 4.14. The van der Waals surface area contributed by atoms with E-state index in [2.05, 4.69) is 10.6 Å². The average molecular weight is 520 g/mol. The van der Waals surface area contributed by atoms with Crippen LogP contribution in [0.25, 0.3) is 0 Å². The van der Waals surface area contributed by atoms with E-state index in [4.69, 9.17) is 0 Å². The summed E-state index contributed by atoms with van der Waals surface area (Å²) in [5.74, 6) is -1.68. The lowest BCUT2D eigenvalue weighted by atomic mass is 9.89. The molecule has 1 aliphatic heterocycles. The number of aryl methyl sites for hydroxylation is 1. The van der Waals surface area contributed by atoms with Gasteiger partial charge in [0.2, 0.25) is 11.8 Å². The Morgan fingerprint density at radius 3 is 2.29 bits per heavy atom. The Morgan fingerprint density at radius 1 is 0.974 bits per heavy atom. The fourth-order valence-electron chi connectivity index (χ4n) is 4.90. The maximum Gasteiger partial charge on any atom is 0.257 e. The molecule has 1 unspecified atom stereocenters. The van der Waals surface area contributed by atoms with Gasteiger partial charge in [0.25, 0.3) is 5.91 Å².